The van der Waals surface area contributed by atoms with E-state index in [4.69, 9.17) is 11.6 Å². The lowest BCUT2D eigenvalue weighted by Crippen LogP contribution is -2.14. The highest BCUT2D eigenvalue weighted by molar-refractivity contribution is 6.31. The van der Waals surface area contributed by atoms with Gasteiger partial charge in [-0.3, -0.25) is 10.1 Å². The predicted octanol–water partition coefficient (Wildman–Crippen LogP) is 3.34. The summed E-state index contributed by atoms with van der Waals surface area (Å²) in [5.41, 5.74) is 2.61. The molecule has 0 atom stereocenters. The molecule has 0 bridgehead atoms. The molecule has 122 valence electrons. The zero-order valence-electron chi connectivity index (χ0n) is 12.9. The largest absolute Gasteiger partial charge is 0.381 e. The third-order valence-corrected chi connectivity index (χ3v) is 4.33. The number of anilines is 2. The Bertz CT molecular complexity index is 903. The first-order chi connectivity index (χ1) is 11.7. The summed E-state index contributed by atoms with van der Waals surface area (Å²) in [6, 6.07) is 11.5. The fourth-order valence-electron chi connectivity index (χ4n) is 2.44. The number of halogens is 1. The molecule has 1 amide bonds. The molecule has 24 heavy (non-hydrogen) atoms. The van der Waals surface area contributed by atoms with E-state index in [-0.39, 0.29) is 11.8 Å². The van der Waals surface area contributed by atoms with Crippen molar-refractivity contribution in [3.8, 4) is 0 Å². The molecule has 6 nitrogen and oxygen atoms in total. The van der Waals surface area contributed by atoms with Crippen LogP contribution in [0.1, 0.15) is 18.4 Å². The zero-order valence-corrected chi connectivity index (χ0v) is 13.6. The van der Waals surface area contributed by atoms with Crippen LogP contribution in [-0.2, 0) is 11.3 Å². The van der Waals surface area contributed by atoms with Crippen molar-refractivity contribution in [1.82, 2.24) is 14.6 Å². The summed E-state index contributed by atoms with van der Waals surface area (Å²) in [6.07, 6.45) is 3.72. The van der Waals surface area contributed by atoms with Crippen molar-refractivity contribution in [3.63, 3.8) is 0 Å². The number of benzene rings is 1. The molecule has 0 unspecified atom stereocenters. The maximum atomic E-state index is 11.8. The Balaban J connectivity index is 1.48. The summed E-state index contributed by atoms with van der Waals surface area (Å²) in [5, 5.41) is 11.1. The average Bonchev–Trinajstić information content (AvgIpc) is 3.35. The van der Waals surface area contributed by atoms with Gasteiger partial charge in [0, 0.05) is 35.4 Å². The molecule has 2 N–H and O–H groups in total. The van der Waals surface area contributed by atoms with Crippen LogP contribution in [0.15, 0.2) is 42.6 Å². The lowest BCUT2D eigenvalue weighted by molar-refractivity contribution is -0.117. The van der Waals surface area contributed by atoms with Gasteiger partial charge in [0.05, 0.1) is 0 Å². The highest BCUT2D eigenvalue weighted by Gasteiger charge is 2.30. The normalized spacial score (nSPS) is 13.9. The fraction of sp³-hybridized carbons (Fsp3) is 0.235. The summed E-state index contributed by atoms with van der Waals surface area (Å²) in [4.78, 5) is 16.1. The molecule has 0 saturated heterocycles. The molecular formula is C17H16ClN5O. The number of nitrogens with one attached hydrogen (secondary N) is 2. The van der Waals surface area contributed by atoms with E-state index in [0.717, 1.165) is 29.1 Å². The van der Waals surface area contributed by atoms with E-state index in [2.05, 4.69) is 20.7 Å². The second-order valence-electron chi connectivity index (χ2n) is 5.86. The van der Waals surface area contributed by atoms with E-state index >= 15 is 0 Å². The number of nitrogens with zero attached hydrogens (tertiary/aromatic N) is 3. The molecule has 0 radical (unpaired) electrons. The van der Waals surface area contributed by atoms with Gasteiger partial charge in [-0.05, 0) is 30.5 Å². The Labute approximate surface area is 143 Å². The first kappa shape index (κ1) is 15.0. The number of fused-ring (bicyclic) bond motifs is 1. The minimum Gasteiger partial charge on any atom is -0.381 e. The molecule has 2 heterocycles. The molecule has 1 aliphatic carbocycles. The summed E-state index contributed by atoms with van der Waals surface area (Å²) in [5.74, 6) is 0.475. The maximum absolute atomic E-state index is 11.8. The van der Waals surface area contributed by atoms with Gasteiger partial charge in [0.15, 0.2) is 5.65 Å². The molecule has 1 aliphatic rings. The SMILES string of the molecule is O=C(Nc1nc2cc(NCc3ccccc3Cl)ccn2n1)C1CC1. The van der Waals surface area contributed by atoms with Crippen molar-refractivity contribution < 1.29 is 4.79 Å². The minimum atomic E-state index is 0.00275. The van der Waals surface area contributed by atoms with E-state index in [1.165, 1.54) is 0 Å². The average molecular weight is 342 g/mol. The zero-order chi connectivity index (χ0) is 16.5. The summed E-state index contributed by atoms with van der Waals surface area (Å²) >= 11 is 6.16. The molecule has 2 aromatic heterocycles. The molecule has 7 heteroatoms. The predicted molar refractivity (Wildman–Crippen MR) is 93.1 cm³/mol. The number of pyridine rings is 1. The van der Waals surface area contributed by atoms with Gasteiger partial charge in [-0.2, -0.15) is 4.98 Å². The van der Waals surface area contributed by atoms with E-state index in [0.29, 0.717) is 18.1 Å². The van der Waals surface area contributed by atoms with Crippen LogP contribution in [0.4, 0.5) is 11.6 Å². The van der Waals surface area contributed by atoms with E-state index in [1.54, 1.807) is 4.52 Å². The number of carbonyl (C=O) groups is 1. The van der Waals surface area contributed by atoms with Crippen molar-refractivity contribution in [2.24, 2.45) is 5.92 Å². The number of hydrogen-bond donors (Lipinski definition) is 2. The van der Waals surface area contributed by atoms with Gasteiger partial charge in [0.1, 0.15) is 0 Å². The van der Waals surface area contributed by atoms with Crippen LogP contribution in [0.3, 0.4) is 0 Å². The van der Waals surface area contributed by atoms with Gasteiger partial charge in [0.2, 0.25) is 11.9 Å². The van der Waals surface area contributed by atoms with Gasteiger partial charge in [-0.1, -0.05) is 29.8 Å². The molecule has 3 aromatic rings. The maximum Gasteiger partial charge on any atom is 0.249 e. The number of hydrogen-bond acceptors (Lipinski definition) is 4. The lowest BCUT2D eigenvalue weighted by atomic mass is 10.2. The lowest BCUT2D eigenvalue weighted by Gasteiger charge is -2.07. The standard InChI is InChI=1S/C17H16ClN5O/c18-14-4-2-1-3-12(14)10-19-13-7-8-23-15(9-13)20-17(22-23)21-16(24)11-5-6-11/h1-4,7-9,11,19H,5-6,10H2,(H,21,22,24). The summed E-state index contributed by atoms with van der Waals surface area (Å²) in [7, 11) is 0. The van der Waals surface area contributed by atoms with Gasteiger partial charge < -0.3 is 5.32 Å². The second kappa shape index (κ2) is 6.13. The smallest absolute Gasteiger partial charge is 0.249 e. The number of aromatic nitrogens is 3. The highest BCUT2D eigenvalue weighted by atomic mass is 35.5. The van der Waals surface area contributed by atoms with Crippen LogP contribution in [0, 0.1) is 5.92 Å². The van der Waals surface area contributed by atoms with Crippen molar-refractivity contribution in [3.05, 3.63) is 53.2 Å². The van der Waals surface area contributed by atoms with Crippen molar-refractivity contribution >= 4 is 34.8 Å². The molecular weight excluding hydrogens is 326 g/mol. The van der Waals surface area contributed by atoms with Crippen LogP contribution >= 0.6 is 11.6 Å². The van der Waals surface area contributed by atoms with Crippen LogP contribution in [0.5, 0.6) is 0 Å². The van der Waals surface area contributed by atoms with Crippen LogP contribution in [0.25, 0.3) is 5.65 Å². The van der Waals surface area contributed by atoms with Gasteiger partial charge in [-0.15, -0.1) is 5.10 Å². The van der Waals surface area contributed by atoms with E-state index in [9.17, 15) is 4.79 Å². The number of carbonyl (C=O) groups excluding carboxylic acids is 1. The third-order valence-electron chi connectivity index (χ3n) is 3.96. The summed E-state index contributed by atoms with van der Waals surface area (Å²) < 4.78 is 1.64. The van der Waals surface area contributed by atoms with Gasteiger partial charge in [-0.25, -0.2) is 4.52 Å². The third kappa shape index (κ3) is 3.19. The quantitative estimate of drug-likeness (QED) is 0.746. The Hall–Kier alpha value is -2.60. The topological polar surface area (TPSA) is 71.3 Å². The Morgan fingerprint density at radius 1 is 1.29 bits per heavy atom. The van der Waals surface area contributed by atoms with Crippen LogP contribution < -0.4 is 10.6 Å². The Morgan fingerprint density at radius 2 is 2.12 bits per heavy atom. The molecule has 0 aliphatic heterocycles. The van der Waals surface area contributed by atoms with Gasteiger partial charge >= 0.3 is 0 Å². The fourth-order valence-corrected chi connectivity index (χ4v) is 2.64. The van der Waals surface area contributed by atoms with E-state index < -0.39 is 0 Å². The summed E-state index contributed by atoms with van der Waals surface area (Å²) in [6.45, 7) is 0.620. The second-order valence-corrected chi connectivity index (χ2v) is 6.27. The van der Waals surface area contributed by atoms with Crippen LogP contribution in [-0.4, -0.2) is 20.5 Å². The highest BCUT2D eigenvalue weighted by Crippen LogP contribution is 2.29. The minimum absolute atomic E-state index is 0.00275. The molecule has 1 saturated carbocycles. The van der Waals surface area contributed by atoms with Crippen molar-refractivity contribution in [1.29, 1.82) is 0 Å². The Kier molecular flexibility index (Phi) is 3.82. The van der Waals surface area contributed by atoms with Crippen molar-refractivity contribution in [2.75, 3.05) is 10.6 Å². The Morgan fingerprint density at radius 3 is 2.92 bits per heavy atom. The van der Waals surface area contributed by atoms with Gasteiger partial charge in [0.25, 0.3) is 0 Å². The van der Waals surface area contributed by atoms with Crippen LogP contribution in [0.2, 0.25) is 5.02 Å². The molecule has 4 rings (SSSR count). The monoisotopic (exact) mass is 341 g/mol. The number of amides is 1. The molecule has 1 fully saturated rings. The molecule has 0 spiro atoms. The first-order valence-corrected chi connectivity index (χ1v) is 8.21. The van der Waals surface area contributed by atoms with E-state index in [1.807, 2.05) is 42.6 Å². The first-order valence-electron chi connectivity index (χ1n) is 7.83. The number of rotatable bonds is 5. The molecule has 1 aromatic carbocycles. The van der Waals surface area contributed by atoms with Crippen molar-refractivity contribution in [2.45, 2.75) is 19.4 Å².